The maximum atomic E-state index is 4.88. The molecule has 0 saturated heterocycles. The van der Waals surface area contributed by atoms with Crippen molar-refractivity contribution < 1.29 is 0 Å². The number of tetrazole rings is 1. The zero-order valence-corrected chi connectivity index (χ0v) is 19.1. The quantitative estimate of drug-likeness (QED) is 0.355. The molecule has 0 aliphatic heterocycles. The number of benzene rings is 2. The van der Waals surface area contributed by atoms with Crippen molar-refractivity contribution in [2.45, 2.75) is 39.2 Å². The van der Waals surface area contributed by atoms with E-state index in [0.717, 1.165) is 59.8 Å². The van der Waals surface area contributed by atoms with Crippen molar-refractivity contribution in [2.24, 2.45) is 0 Å². The van der Waals surface area contributed by atoms with Gasteiger partial charge in [0.2, 0.25) is 0 Å². The van der Waals surface area contributed by atoms with Gasteiger partial charge in [0.25, 0.3) is 0 Å². The van der Waals surface area contributed by atoms with Gasteiger partial charge in [0, 0.05) is 36.7 Å². The number of hydrogen-bond donors (Lipinski definition) is 1. The van der Waals surface area contributed by atoms with E-state index in [1.165, 1.54) is 5.56 Å². The summed E-state index contributed by atoms with van der Waals surface area (Å²) in [6, 6.07) is 22.5. The van der Waals surface area contributed by atoms with Crippen LogP contribution in [-0.2, 0) is 19.4 Å². The van der Waals surface area contributed by atoms with E-state index in [2.05, 4.69) is 62.6 Å². The number of H-pyrrole nitrogens is 1. The first-order valence-corrected chi connectivity index (χ1v) is 11.5. The Kier molecular flexibility index (Phi) is 6.47. The average molecular weight is 451 g/mol. The third kappa shape index (κ3) is 4.91. The molecule has 0 fully saturated rings. The Morgan fingerprint density at radius 1 is 0.853 bits per heavy atom. The van der Waals surface area contributed by atoms with E-state index in [9.17, 15) is 0 Å². The number of pyridine rings is 1. The summed E-state index contributed by atoms with van der Waals surface area (Å²) in [6.07, 6.45) is 5.53. The molecule has 5 aromatic rings. The number of aromatic amines is 1. The third-order valence-corrected chi connectivity index (χ3v) is 5.71. The highest BCUT2D eigenvalue weighted by atomic mass is 15.5. The maximum Gasteiger partial charge on any atom is 0.180 e. The molecule has 5 rings (SSSR count). The number of nitrogens with zero attached hydrogens (tertiary/aromatic N) is 7. The van der Waals surface area contributed by atoms with Gasteiger partial charge in [-0.25, -0.2) is 14.8 Å². The first-order chi connectivity index (χ1) is 16.8. The molecule has 0 aliphatic rings. The van der Waals surface area contributed by atoms with Gasteiger partial charge in [0.05, 0.1) is 5.69 Å². The number of nitrogens with one attached hydrogen (secondary N) is 1. The minimum absolute atomic E-state index is 0.622. The summed E-state index contributed by atoms with van der Waals surface area (Å²) in [7, 11) is 0. The Morgan fingerprint density at radius 2 is 1.68 bits per heavy atom. The van der Waals surface area contributed by atoms with Gasteiger partial charge >= 0.3 is 0 Å². The van der Waals surface area contributed by atoms with Crippen LogP contribution in [0.5, 0.6) is 0 Å². The van der Waals surface area contributed by atoms with Gasteiger partial charge in [-0.05, 0) is 34.0 Å². The molecule has 0 bridgehead atoms. The van der Waals surface area contributed by atoms with E-state index < -0.39 is 0 Å². The Morgan fingerprint density at radius 3 is 2.41 bits per heavy atom. The topological polar surface area (TPSA) is 98.1 Å². The minimum Gasteiger partial charge on any atom is -0.256 e. The first-order valence-electron chi connectivity index (χ1n) is 11.5. The van der Waals surface area contributed by atoms with E-state index in [0.29, 0.717) is 12.2 Å². The molecule has 0 aliphatic carbocycles. The van der Waals surface area contributed by atoms with Gasteiger partial charge in [-0.1, -0.05) is 74.0 Å². The smallest absolute Gasteiger partial charge is 0.180 e. The molecule has 0 saturated carbocycles. The second kappa shape index (κ2) is 10.2. The van der Waals surface area contributed by atoms with Crippen LogP contribution in [0, 0.1) is 0 Å². The molecule has 170 valence electrons. The summed E-state index contributed by atoms with van der Waals surface area (Å²) in [5.41, 5.74) is 5.07. The predicted octanol–water partition coefficient (Wildman–Crippen LogP) is 4.50. The molecule has 8 heteroatoms. The molecule has 0 radical (unpaired) electrons. The van der Waals surface area contributed by atoms with Crippen LogP contribution in [0.15, 0.2) is 72.9 Å². The molecule has 3 aromatic heterocycles. The van der Waals surface area contributed by atoms with Crippen molar-refractivity contribution in [1.29, 1.82) is 0 Å². The average Bonchev–Trinajstić information content (AvgIpc) is 3.54. The Bertz CT molecular complexity index is 1330. The summed E-state index contributed by atoms with van der Waals surface area (Å²) in [5.74, 6) is 2.45. The van der Waals surface area contributed by atoms with Crippen LogP contribution < -0.4 is 0 Å². The largest absolute Gasteiger partial charge is 0.256 e. The van der Waals surface area contributed by atoms with Crippen LogP contribution in [0.4, 0.5) is 0 Å². The predicted molar refractivity (Wildman–Crippen MR) is 130 cm³/mol. The van der Waals surface area contributed by atoms with Gasteiger partial charge in [-0.2, -0.15) is 5.10 Å². The SMILES string of the molecule is CCCCn1nc(Cc2ccccc2)nc1Cc1ccc(-c2ccccc2-c2nnn[nH]2)nc1. The Hall–Kier alpha value is -4.20. The summed E-state index contributed by atoms with van der Waals surface area (Å²) in [5, 5.41) is 19.1. The van der Waals surface area contributed by atoms with E-state index in [1.807, 2.05) is 42.6 Å². The van der Waals surface area contributed by atoms with Crippen LogP contribution in [0.25, 0.3) is 22.6 Å². The fraction of sp³-hybridized carbons (Fsp3) is 0.231. The van der Waals surface area contributed by atoms with Crippen molar-refractivity contribution in [3.63, 3.8) is 0 Å². The molecule has 1 N–H and O–H groups in total. The summed E-state index contributed by atoms with van der Waals surface area (Å²) < 4.78 is 2.06. The van der Waals surface area contributed by atoms with Crippen LogP contribution in [0.1, 0.15) is 42.5 Å². The highest BCUT2D eigenvalue weighted by Crippen LogP contribution is 2.28. The van der Waals surface area contributed by atoms with Crippen molar-refractivity contribution >= 4 is 0 Å². The van der Waals surface area contributed by atoms with Crippen molar-refractivity contribution in [2.75, 3.05) is 0 Å². The summed E-state index contributed by atoms with van der Waals surface area (Å²) in [4.78, 5) is 9.62. The standard InChI is InChI=1S/C26H26N8/c1-2-3-15-34-25(28-24(31-34)16-19-9-5-4-6-10-19)17-20-13-14-23(27-18-20)21-11-7-8-12-22(21)26-29-32-33-30-26/h4-14,18H,2-3,15-17H2,1H3,(H,29,30,32,33). The molecule has 34 heavy (non-hydrogen) atoms. The van der Waals surface area contributed by atoms with Gasteiger partial charge in [-0.15, -0.1) is 5.10 Å². The lowest BCUT2D eigenvalue weighted by atomic mass is 10.0. The molecule has 8 nitrogen and oxygen atoms in total. The molecular weight excluding hydrogens is 424 g/mol. The number of rotatable bonds is 9. The lowest BCUT2D eigenvalue weighted by Crippen LogP contribution is -2.07. The number of unbranched alkanes of at least 4 members (excludes halogenated alkanes) is 1. The van der Waals surface area contributed by atoms with Crippen molar-refractivity contribution in [3.8, 4) is 22.6 Å². The third-order valence-electron chi connectivity index (χ3n) is 5.71. The molecule has 0 spiro atoms. The lowest BCUT2D eigenvalue weighted by molar-refractivity contribution is 0.546. The molecule has 2 aromatic carbocycles. The van der Waals surface area contributed by atoms with Gasteiger partial charge in [-0.3, -0.25) is 4.98 Å². The maximum absolute atomic E-state index is 4.88. The van der Waals surface area contributed by atoms with Crippen molar-refractivity contribution in [3.05, 3.63) is 95.7 Å². The highest BCUT2D eigenvalue weighted by Gasteiger charge is 2.14. The zero-order chi connectivity index (χ0) is 23.2. The Balaban J connectivity index is 1.38. The fourth-order valence-corrected chi connectivity index (χ4v) is 3.95. The van der Waals surface area contributed by atoms with E-state index in [-0.39, 0.29) is 0 Å². The second-order valence-electron chi connectivity index (χ2n) is 8.21. The van der Waals surface area contributed by atoms with E-state index >= 15 is 0 Å². The monoisotopic (exact) mass is 450 g/mol. The highest BCUT2D eigenvalue weighted by molar-refractivity contribution is 5.78. The number of aryl methyl sites for hydroxylation is 1. The first kappa shape index (κ1) is 21.6. The molecule has 3 heterocycles. The lowest BCUT2D eigenvalue weighted by Gasteiger charge is -2.08. The number of aromatic nitrogens is 8. The zero-order valence-electron chi connectivity index (χ0n) is 19.1. The number of hydrogen-bond acceptors (Lipinski definition) is 6. The van der Waals surface area contributed by atoms with Crippen LogP contribution in [0.3, 0.4) is 0 Å². The summed E-state index contributed by atoms with van der Waals surface area (Å²) in [6.45, 7) is 3.06. The van der Waals surface area contributed by atoms with Gasteiger partial charge < -0.3 is 0 Å². The van der Waals surface area contributed by atoms with Crippen LogP contribution in [0.2, 0.25) is 0 Å². The fourth-order valence-electron chi connectivity index (χ4n) is 3.95. The molecule has 0 unspecified atom stereocenters. The van der Waals surface area contributed by atoms with Crippen molar-refractivity contribution in [1.82, 2.24) is 40.4 Å². The summed E-state index contributed by atoms with van der Waals surface area (Å²) >= 11 is 0. The molecule has 0 amide bonds. The molecular formula is C26H26N8. The molecule has 0 atom stereocenters. The van der Waals surface area contributed by atoms with Gasteiger partial charge in [0.1, 0.15) is 5.82 Å². The van der Waals surface area contributed by atoms with Crippen LogP contribution >= 0.6 is 0 Å². The van der Waals surface area contributed by atoms with E-state index in [1.54, 1.807) is 0 Å². The van der Waals surface area contributed by atoms with Crippen LogP contribution in [-0.4, -0.2) is 40.4 Å². The Labute approximate surface area is 198 Å². The second-order valence-corrected chi connectivity index (χ2v) is 8.21. The van der Waals surface area contributed by atoms with E-state index in [4.69, 9.17) is 15.1 Å². The van der Waals surface area contributed by atoms with Gasteiger partial charge in [0.15, 0.2) is 11.6 Å². The minimum atomic E-state index is 0.622. The normalized spacial score (nSPS) is 11.1.